The molecule has 1 saturated carbocycles. The normalized spacial score (nSPS) is 23.0. The number of anilines is 1. The summed E-state index contributed by atoms with van der Waals surface area (Å²) in [6, 6.07) is 1.48. The number of aromatic nitrogens is 2. The van der Waals surface area contributed by atoms with Crippen LogP contribution in [0.1, 0.15) is 42.4 Å². The number of carboxylic acids is 1. The number of rotatable bonds is 4. The molecule has 1 aliphatic rings. The molecular weight excluding hydrogens is 230 g/mol. The fourth-order valence-corrected chi connectivity index (χ4v) is 2.50. The summed E-state index contributed by atoms with van der Waals surface area (Å²) in [6.07, 6.45) is 3.73. The molecule has 5 heteroatoms. The van der Waals surface area contributed by atoms with E-state index < -0.39 is 5.97 Å². The lowest BCUT2D eigenvalue weighted by Crippen LogP contribution is -2.15. The van der Waals surface area contributed by atoms with E-state index in [4.69, 9.17) is 5.11 Å². The van der Waals surface area contributed by atoms with Crippen LogP contribution in [0.3, 0.4) is 0 Å². The molecule has 2 atom stereocenters. The SMILES string of the molecule is Cc1cc(C(=O)O)nc(NCC2CCC(C)C2)n1. The highest BCUT2D eigenvalue weighted by molar-refractivity contribution is 5.85. The van der Waals surface area contributed by atoms with E-state index in [0.717, 1.165) is 12.5 Å². The van der Waals surface area contributed by atoms with Crippen LogP contribution in [0.2, 0.25) is 0 Å². The smallest absolute Gasteiger partial charge is 0.354 e. The fourth-order valence-electron chi connectivity index (χ4n) is 2.50. The standard InChI is InChI=1S/C13H19N3O2/c1-8-3-4-10(5-8)7-14-13-15-9(2)6-11(16-13)12(17)18/h6,8,10H,3-5,7H2,1-2H3,(H,17,18)(H,14,15,16). The van der Waals surface area contributed by atoms with Gasteiger partial charge in [-0.15, -0.1) is 0 Å². The van der Waals surface area contributed by atoms with Crippen LogP contribution in [-0.2, 0) is 0 Å². The van der Waals surface area contributed by atoms with Crippen LogP contribution in [0.5, 0.6) is 0 Å². The Morgan fingerprint density at radius 2 is 2.28 bits per heavy atom. The predicted molar refractivity (Wildman–Crippen MR) is 68.7 cm³/mol. The molecule has 1 aromatic heterocycles. The molecule has 0 aliphatic heterocycles. The summed E-state index contributed by atoms with van der Waals surface area (Å²) in [6.45, 7) is 4.87. The van der Waals surface area contributed by atoms with E-state index in [-0.39, 0.29) is 5.69 Å². The lowest BCUT2D eigenvalue weighted by molar-refractivity contribution is 0.0690. The Kier molecular flexibility index (Phi) is 3.79. The minimum Gasteiger partial charge on any atom is -0.477 e. The highest BCUT2D eigenvalue weighted by Crippen LogP contribution is 2.30. The lowest BCUT2D eigenvalue weighted by Gasteiger charge is -2.11. The van der Waals surface area contributed by atoms with Crippen LogP contribution in [0.4, 0.5) is 5.95 Å². The Hall–Kier alpha value is -1.65. The molecule has 2 unspecified atom stereocenters. The molecule has 2 N–H and O–H groups in total. The Labute approximate surface area is 107 Å². The molecule has 0 bridgehead atoms. The molecule has 0 spiro atoms. The predicted octanol–water partition coefficient (Wildman–Crippen LogP) is 2.33. The minimum absolute atomic E-state index is 0.0461. The highest BCUT2D eigenvalue weighted by atomic mass is 16.4. The van der Waals surface area contributed by atoms with Gasteiger partial charge in [-0.05, 0) is 37.7 Å². The maximum Gasteiger partial charge on any atom is 0.354 e. The third-order valence-corrected chi connectivity index (χ3v) is 3.43. The summed E-state index contributed by atoms with van der Waals surface area (Å²) in [7, 11) is 0. The number of aryl methyl sites for hydroxylation is 1. The molecule has 0 aromatic carbocycles. The third-order valence-electron chi connectivity index (χ3n) is 3.43. The number of hydrogen-bond donors (Lipinski definition) is 2. The van der Waals surface area contributed by atoms with Crippen molar-refractivity contribution in [3.05, 3.63) is 17.5 Å². The lowest BCUT2D eigenvalue weighted by atomic mass is 10.1. The molecule has 0 amide bonds. The zero-order chi connectivity index (χ0) is 13.1. The van der Waals surface area contributed by atoms with E-state index in [2.05, 4.69) is 22.2 Å². The van der Waals surface area contributed by atoms with Gasteiger partial charge >= 0.3 is 5.97 Å². The highest BCUT2D eigenvalue weighted by Gasteiger charge is 2.21. The Bertz CT molecular complexity index is 448. The first-order valence-electron chi connectivity index (χ1n) is 6.37. The number of aromatic carboxylic acids is 1. The maximum atomic E-state index is 10.9. The molecule has 1 heterocycles. The van der Waals surface area contributed by atoms with Crippen LogP contribution in [0.25, 0.3) is 0 Å². The number of carbonyl (C=O) groups is 1. The summed E-state index contributed by atoms with van der Waals surface area (Å²) >= 11 is 0. The topological polar surface area (TPSA) is 75.1 Å². The molecule has 0 saturated heterocycles. The monoisotopic (exact) mass is 249 g/mol. The van der Waals surface area contributed by atoms with Crippen molar-refractivity contribution >= 4 is 11.9 Å². The van der Waals surface area contributed by atoms with Crippen molar-refractivity contribution in [1.82, 2.24) is 9.97 Å². The Morgan fingerprint density at radius 1 is 1.50 bits per heavy atom. The molecule has 18 heavy (non-hydrogen) atoms. The molecule has 2 rings (SSSR count). The maximum absolute atomic E-state index is 10.9. The number of nitrogens with one attached hydrogen (secondary N) is 1. The van der Waals surface area contributed by atoms with Gasteiger partial charge in [0.25, 0.3) is 0 Å². The zero-order valence-corrected chi connectivity index (χ0v) is 10.8. The average molecular weight is 249 g/mol. The largest absolute Gasteiger partial charge is 0.477 e. The molecule has 1 aliphatic carbocycles. The van der Waals surface area contributed by atoms with Crippen LogP contribution in [0.15, 0.2) is 6.07 Å². The van der Waals surface area contributed by atoms with Gasteiger partial charge in [0.15, 0.2) is 5.69 Å². The van der Waals surface area contributed by atoms with Gasteiger partial charge in [0, 0.05) is 12.2 Å². The van der Waals surface area contributed by atoms with E-state index >= 15 is 0 Å². The van der Waals surface area contributed by atoms with E-state index in [1.54, 1.807) is 6.92 Å². The molecule has 98 valence electrons. The quantitative estimate of drug-likeness (QED) is 0.856. The Morgan fingerprint density at radius 3 is 2.89 bits per heavy atom. The van der Waals surface area contributed by atoms with Crippen LogP contribution in [-0.4, -0.2) is 27.6 Å². The minimum atomic E-state index is -1.02. The van der Waals surface area contributed by atoms with Crippen molar-refractivity contribution in [2.24, 2.45) is 11.8 Å². The molecule has 0 radical (unpaired) electrons. The molecular formula is C13H19N3O2. The van der Waals surface area contributed by atoms with Gasteiger partial charge in [0.1, 0.15) is 0 Å². The zero-order valence-electron chi connectivity index (χ0n) is 10.8. The summed E-state index contributed by atoms with van der Waals surface area (Å²) in [5.74, 6) is 0.854. The van der Waals surface area contributed by atoms with Crippen LogP contribution >= 0.6 is 0 Å². The van der Waals surface area contributed by atoms with Crippen LogP contribution in [0, 0.1) is 18.8 Å². The third kappa shape index (κ3) is 3.18. The van der Waals surface area contributed by atoms with Gasteiger partial charge in [-0.25, -0.2) is 14.8 Å². The van der Waals surface area contributed by atoms with Crippen molar-refractivity contribution in [1.29, 1.82) is 0 Å². The van der Waals surface area contributed by atoms with Crippen molar-refractivity contribution in [3.63, 3.8) is 0 Å². The average Bonchev–Trinajstić information content (AvgIpc) is 2.72. The van der Waals surface area contributed by atoms with Gasteiger partial charge < -0.3 is 10.4 Å². The first-order chi connectivity index (χ1) is 8.54. The van der Waals surface area contributed by atoms with Gasteiger partial charge in [0.05, 0.1) is 0 Å². The number of hydrogen-bond acceptors (Lipinski definition) is 4. The summed E-state index contributed by atoms with van der Waals surface area (Å²) in [5, 5.41) is 12.1. The van der Waals surface area contributed by atoms with Crippen molar-refractivity contribution in [2.45, 2.75) is 33.1 Å². The van der Waals surface area contributed by atoms with E-state index in [0.29, 0.717) is 17.6 Å². The number of carboxylic acid groups (broad SMARTS) is 1. The molecule has 1 fully saturated rings. The summed E-state index contributed by atoms with van der Waals surface area (Å²) in [5.41, 5.74) is 0.717. The van der Waals surface area contributed by atoms with Gasteiger partial charge in [-0.3, -0.25) is 0 Å². The fraction of sp³-hybridized carbons (Fsp3) is 0.615. The second kappa shape index (κ2) is 5.33. The first-order valence-corrected chi connectivity index (χ1v) is 6.37. The van der Waals surface area contributed by atoms with Crippen molar-refractivity contribution < 1.29 is 9.90 Å². The van der Waals surface area contributed by atoms with Crippen molar-refractivity contribution in [2.75, 3.05) is 11.9 Å². The van der Waals surface area contributed by atoms with Gasteiger partial charge in [-0.1, -0.05) is 13.3 Å². The second-order valence-electron chi connectivity index (χ2n) is 5.19. The van der Waals surface area contributed by atoms with E-state index in [9.17, 15) is 4.79 Å². The van der Waals surface area contributed by atoms with Gasteiger partial charge in [-0.2, -0.15) is 0 Å². The van der Waals surface area contributed by atoms with E-state index in [1.165, 1.54) is 25.3 Å². The number of nitrogens with zero attached hydrogens (tertiary/aromatic N) is 2. The van der Waals surface area contributed by atoms with Crippen LogP contribution < -0.4 is 5.32 Å². The molecule has 5 nitrogen and oxygen atoms in total. The van der Waals surface area contributed by atoms with E-state index in [1.807, 2.05) is 0 Å². The first kappa shape index (κ1) is 12.8. The summed E-state index contributed by atoms with van der Waals surface area (Å²) in [4.78, 5) is 19.1. The van der Waals surface area contributed by atoms with Gasteiger partial charge in [0.2, 0.25) is 5.95 Å². The second-order valence-corrected chi connectivity index (χ2v) is 5.19. The Balaban J connectivity index is 1.98. The molecule has 1 aromatic rings. The summed E-state index contributed by atoms with van der Waals surface area (Å²) < 4.78 is 0. The van der Waals surface area contributed by atoms with Crippen molar-refractivity contribution in [3.8, 4) is 0 Å².